The number of hydrogen-bond acceptors (Lipinski definition) is 3. The van der Waals surface area contributed by atoms with E-state index in [0.717, 1.165) is 0 Å². The van der Waals surface area contributed by atoms with Crippen LogP contribution in [0.15, 0.2) is 30.3 Å². The average Bonchev–Trinajstić information content (AvgIpc) is 2.44. The Hall–Kier alpha value is -0.630. The van der Waals surface area contributed by atoms with E-state index in [1.807, 2.05) is 32.0 Å². The molecule has 2 rings (SSSR count). The summed E-state index contributed by atoms with van der Waals surface area (Å²) in [6.45, 7) is 3.74. The molecule has 0 saturated carbocycles. The topological polar surface area (TPSA) is 35.5 Å². The van der Waals surface area contributed by atoms with Gasteiger partial charge in [-0.2, -0.15) is 0 Å². The van der Waals surface area contributed by atoms with Gasteiger partial charge in [0.15, 0.2) is 0 Å². The van der Waals surface area contributed by atoms with Crippen LogP contribution in [0.5, 0.6) is 0 Å². The molecule has 2 unspecified atom stereocenters. The van der Waals surface area contributed by atoms with E-state index in [0.29, 0.717) is 5.30 Å². The van der Waals surface area contributed by atoms with Crippen LogP contribution in [0.2, 0.25) is 0 Å². The number of rotatable bonds is 1. The van der Waals surface area contributed by atoms with Gasteiger partial charge in [-0.05, 0) is 26.0 Å². The van der Waals surface area contributed by atoms with Crippen molar-refractivity contribution in [2.45, 2.75) is 26.1 Å². The largest absolute Gasteiger partial charge is 0.362 e. The minimum absolute atomic E-state index is 0.110. The van der Waals surface area contributed by atoms with E-state index < -0.39 is 7.60 Å². The Morgan fingerprint density at radius 1 is 1.07 bits per heavy atom. The molecule has 2 atom stereocenters. The molecule has 0 aliphatic carbocycles. The molecule has 1 heterocycles. The summed E-state index contributed by atoms with van der Waals surface area (Å²) in [5.41, 5.74) is 0. The Labute approximate surface area is 83.6 Å². The van der Waals surface area contributed by atoms with Crippen LogP contribution in [-0.4, -0.2) is 12.2 Å². The van der Waals surface area contributed by atoms with Crippen molar-refractivity contribution < 1.29 is 13.6 Å². The zero-order valence-corrected chi connectivity index (χ0v) is 9.11. The van der Waals surface area contributed by atoms with Crippen molar-refractivity contribution in [2.75, 3.05) is 0 Å². The van der Waals surface area contributed by atoms with Crippen LogP contribution in [0.1, 0.15) is 13.8 Å². The molecular weight excluding hydrogens is 199 g/mol. The normalized spacial score (nSPS) is 37.3. The SMILES string of the molecule is CC1OP(=O)(c2ccccc2)OC1C. The first kappa shape index (κ1) is 9.91. The van der Waals surface area contributed by atoms with E-state index in [4.69, 9.17) is 9.05 Å². The molecule has 1 fully saturated rings. The summed E-state index contributed by atoms with van der Waals surface area (Å²) < 4.78 is 23.0. The minimum Gasteiger partial charge on any atom is -0.299 e. The van der Waals surface area contributed by atoms with Crippen LogP contribution in [0, 0.1) is 0 Å². The zero-order valence-electron chi connectivity index (χ0n) is 8.21. The van der Waals surface area contributed by atoms with Crippen LogP contribution < -0.4 is 5.30 Å². The summed E-state index contributed by atoms with van der Waals surface area (Å²) in [4.78, 5) is 0. The van der Waals surface area contributed by atoms with E-state index in [-0.39, 0.29) is 12.2 Å². The zero-order chi connectivity index (χ0) is 10.2. The van der Waals surface area contributed by atoms with E-state index in [9.17, 15) is 4.57 Å². The van der Waals surface area contributed by atoms with Crippen molar-refractivity contribution in [2.24, 2.45) is 0 Å². The van der Waals surface area contributed by atoms with Gasteiger partial charge in [-0.25, -0.2) is 0 Å². The highest BCUT2D eigenvalue weighted by Crippen LogP contribution is 2.55. The molecule has 1 aromatic rings. The van der Waals surface area contributed by atoms with Crippen LogP contribution >= 0.6 is 7.60 Å². The number of benzene rings is 1. The Kier molecular flexibility index (Phi) is 2.48. The molecule has 0 N–H and O–H groups in total. The highest BCUT2D eigenvalue weighted by atomic mass is 31.2. The Bertz CT molecular complexity index is 349. The van der Waals surface area contributed by atoms with E-state index in [1.54, 1.807) is 12.1 Å². The van der Waals surface area contributed by atoms with Crippen molar-refractivity contribution in [1.82, 2.24) is 0 Å². The van der Waals surface area contributed by atoms with Crippen molar-refractivity contribution in [3.8, 4) is 0 Å². The summed E-state index contributed by atoms with van der Waals surface area (Å²) in [6, 6.07) is 9.07. The Morgan fingerprint density at radius 3 is 2.07 bits per heavy atom. The summed E-state index contributed by atoms with van der Waals surface area (Å²) in [5, 5.41) is 0.635. The first-order valence-electron chi connectivity index (χ1n) is 4.64. The Balaban J connectivity index is 2.32. The molecule has 76 valence electrons. The van der Waals surface area contributed by atoms with Crippen LogP contribution in [0.25, 0.3) is 0 Å². The van der Waals surface area contributed by atoms with Gasteiger partial charge < -0.3 is 0 Å². The third kappa shape index (κ3) is 1.63. The van der Waals surface area contributed by atoms with Gasteiger partial charge in [0.1, 0.15) is 0 Å². The predicted octanol–water partition coefficient (Wildman–Crippen LogP) is 2.33. The maximum absolute atomic E-state index is 12.2. The van der Waals surface area contributed by atoms with Gasteiger partial charge in [-0.15, -0.1) is 0 Å². The summed E-state index contributed by atoms with van der Waals surface area (Å²) in [6.07, 6.45) is -0.220. The molecule has 0 spiro atoms. The summed E-state index contributed by atoms with van der Waals surface area (Å²) in [5.74, 6) is 0. The van der Waals surface area contributed by atoms with Crippen molar-refractivity contribution in [1.29, 1.82) is 0 Å². The first-order chi connectivity index (χ1) is 6.62. The van der Waals surface area contributed by atoms with Crippen LogP contribution in [0.3, 0.4) is 0 Å². The molecule has 4 heteroatoms. The van der Waals surface area contributed by atoms with E-state index in [1.165, 1.54) is 0 Å². The lowest BCUT2D eigenvalue weighted by atomic mass is 10.3. The maximum atomic E-state index is 12.2. The smallest absolute Gasteiger partial charge is 0.299 e. The summed E-state index contributed by atoms with van der Waals surface area (Å²) in [7, 11) is -3.03. The maximum Gasteiger partial charge on any atom is 0.362 e. The predicted molar refractivity (Wildman–Crippen MR) is 54.8 cm³/mol. The lowest BCUT2D eigenvalue weighted by Gasteiger charge is -2.09. The fraction of sp³-hybridized carbons (Fsp3) is 0.400. The van der Waals surface area contributed by atoms with Gasteiger partial charge in [0.25, 0.3) is 0 Å². The standard InChI is InChI=1S/C10H13O3P/c1-8-9(2)13-14(11,12-8)10-6-4-3-5-7-10/h3-9H,1-2H3. The Morgan fingerprint density at radius 2 is 1.57 bits per heavy atom. The molecule has 1 aliphatic heterocycles. The third-order valence-corrected chi connectivity index (χ3v) is 4.49. The fourth-order valence-corrected chi connectivity index (χ4v) is 3.42. The van der Waals surface area contributed by atoms with E-state index >= 15 is 0 Å². The minimum atomic E-state index is -3.03. The van der Waals surface area contributed by atoms with Gasteiger partial charge in [-0.1, -0.05) is 18.2 Å². The lowest BCUT2D eigenvalue weighted by Crippen LogP contribution is -2.13. The number of hydrogen-bond donors (Lipinski definition) is 0. The van der Waals surface area contributed by atoms with Crippen molar-refractivity contribution in [3.63, 3.8) is 0 Å². The van der Waals surface area contributed by atoms with Gasteiger partial charge >= 0.3 is 7.60 Å². The van der Waals surface area contributed by atoms with Gasteiger partial charge in [0, 0.05) is 0 Å². The fourth-order valence-electron chi connectivity index (χ4n) is 1.37. The second kappa shape index (κ2) is 3.50. The van der Waals surface area contributed by atoms with Crippen LogP contribution in [-0.2, 0) is 13.6 Å². The highest BCUT2D eigenvalue weighted by molar-refractivity contribution is 7.62. The monoisotopic (exact) mass is 212 g/mol. The second-order valence-corrected chi connectivity index (χ2v) is 5.39. The van der Waals surface area contributed by atoms with Crippen LogP contribution in [0.4, 0.5) is 0 Å². The molecule has 3 nitrogen and oxygen atoms in total. The van der Waals surface area contributed by atoms with Gasteiger partial charge in [0.2, 0.25) is 0 Å². The molecule has 1 aromatic carbocycles. The lowest BCUT2D eigenvalue weighted by molar-refractivity contribution is 0.187. The molecular formula is C10H13O3P. The quantitative estimate of drug-likeness (QED) is 0.670. The average molecular weight is 212 g/mol. The molecule has 1 aliphatic rings. The van der Waals surface area contributed by atoms with Crippen molar-refractivity contribution >= 4 is 12.9 Å². The second-order valence-electron chi connectivity index (χ2n) is 3.45. The molecule has 14 heavy (non-hydrogen) atoms. The highest BCUT2D eigenvalue weighted by Gasteiger charge is 2.41. The van der Waals surface area contributed by atoms with Crippen molar-refractivity contribution in [3.05, 3.63) is 30.3 Å². The molecule has 0 amide bonds. The molecule has 0 aromatic heterocycles. The first-order valence-corrected chi connectivity index (χ1v) is 6.18. The molecule has 0 radical (unpaired) electrons. The molecule has 0 bridgehead atoms. The summed E-state index contributed by atoms with van der Waals surface area (Å²) >= 11 is 0. The third-order valence-electron chi connectivity index (χ3n) is 2.34. The van der Waals surface area contributed by atoms with Gasteiger partial charge in [0.05, 0.1) is 17.5 Å². The molecule has 1 saturated heterocycles. The van der Waals surface area contributed by atoms with E-state index in [2.05, 4.69) is 0 Å². The van der Waals surface area contributed by atoms with Gasteiger partial charge in [-0.3, -0.25) is 13.6 Å².